The molecule has 3 heterocycles. The van der Waals surface area contributed by atoms with Gasteiger partial charge in [-0.15, -0.1) is 0 Å². The Bertz CT molecular complexity index is 641. The number of aromatic nitrogens is 4. The highest BCUT2D eigenvalue weighted by atomic mass is 15.4. The fraction of sp³-hybridized carbons (Fsp3) is 0.533. The maximum absolute atomic E-state index is 5.97. The molecule has 1 aliphatic rings. The molecule has 118 valence electrons. The van der Waals surface area contributed by atoms with E-state index in [-0.39, 0.29) is 0 Å². The Morgan fingerprint density at radius 1 is 1.05 bits per heavy atom. The average molecular weight is 301 g/mol. The minimum atomic E-state index is 0.590. The highest BCUT2D eigenvalue weighted by Crippen LogP contribution is 2.18. The molecular weight excluding hydrogens is 278 g/mol. The summed E-state index contributed by atoms with van der Waals surface area (Å²) < 4.78 is 1.66. The van der Waals surface area contributed by atoms with Crippen molar-refractivity contribution in [1.82, 2.24) is 24.6 Å². The molecule has 1 fully saturated rings. The molecule has 2 N–H and O–H groups in total. The lowest BCUT2D eigenvalue weighted by Gasteiger charge is -2.37. The molecule has 2 aromatic rings. The predicted octanol–water partition coefficient (Wildman–Crippen LogP) is 1.08. The van der Waals surface area contributed by atoms with Crippen LogP contribution in [0.15, 0.2) is 18.5 Å². The molecule has 0 bridgehead atoms. The van der Waals surface area contributed by atoms with E-state index in [4.69, 9.17) is 5.73 Å². The first kappa shape index (κ1) is 14.8. The summed E-state index contributed by atoms with van der Waals surface area (Å²) in [7, 11) is 0. The van der Waals surface area contributed by atoms with Crippen molar-refractivity contribution in [2.45, 2.75) is 26.8 Å². The van der Waals surface area contributed by atoms with Crippen molar-refractivity contribution in [2.75, 3.05) is 36.8 Å². The van der Waals surface area contributed by atoms with Crippen molar-refractivity contribution in [1.29, 1.82) is 0 Å². The minimum Gasteiger partial charge on any atom is -0.384 e. The van der Waals surface area contributed by atoms with Crippen molar-refractivity contribution >= 4 is 11.6 Å². The van der Waals surface area contributed by atoms with Gasteiger partial charge in [-0.05, 0) is 20.8 Å². The number of nitrogens with zero attached hydrogens (tertiary/aromatic N) is 6. The van der Waals surface area contributed by atoms with Gasteiger partial charge in [0.25, 0.3) is 0 Å². The van der Waals surface area contributed by atoms with E-state index in [9.17, 15) is 0 Å². The Morgan fingerprint density at radius 2 is 1.73 bits per heavy atom. The van der Waals surface area contributed by atoms with Crippen LogP contribution >= 0.6 is 0 Å². The molecule has 0 saturated carbocycles. The van der Waals surface area contributed by atoms with Crippen molar-refractivity contribution < 1.29 is 0 Å². The number of anilines is 2. The molecule has 1 saturated heterocycles. The van der Waals surface area contributed by atoms with Gasteiger partial charge in [-0.3, -0.25) is 4.90 Å². The van der Waals surface area contributed by atoms with Gasteiger partial charge in [0.2, 0.25) is 0 Å². The smallest absolute Gasteiger partial charge is 0.161 e. The highest BCUT2D eigenvalue weighted by Gasteiger charge is 2.20. The Morgan fingerprint density at radius 3 is 2.32 bits per heavy atom. The van der Waals surface area contributed by atoms with Gasteiger partial charge >= 0.3 is 0 Å². The zero-order chi connectivity index (χ0) is 15.7. The molecule has 0 amide bonds. The lowest BCUT2D eigenvalue weighted by Crippen LogP contribution is -2.49. The second kappa shape index (κ2) is 5.92. The highest BCUT2D eigenvalue weighted by molar-refractivity contribution is 5.47. The van der Waals surface area contributed by atoms with Gasteiger partial charge in [-0.1, -0.05) is 0 Å². The third-order valence-corrected chi connectivity index (χ3v) is 4.08. The van der Waals surface area contributed by atoms with E-state index >= 15 is 0 Å². The summed E-state index contributed by atoms with van der Waals surface area (Å²) in [5.74, 6) is 2.23. The van der Waals surface area contributed by atoms with Crippen molar-refractivity contribution in [3.63, 3.8) is 0 Å². The van der Waals surface area contributed by atoms with Crippen molar-refractivity contribution in [3.8, 4) is 5.82 Å². The number of nitrogen functional groups attached to an aromatic ring is 1. The molecule has 7 nitrogen and oxygen atoms in total. The summed E-state index contributed by atoms with van der Waals surface area (Å²) in [4.78, 5) is 13.5. The van der Waals surface area contributed by atoms with Gasteiger partial charge in [0.1, 0.15) is 18.0 Å². The first-order chi connectivity index (χ1) is 10.5. The SMILES string of the molecule is Cc1cc(N)n(-c2cc(N3CCN(C(C)C)CC3)ncn2)n1. The largest absolute Gasteiger partial charge is 0.384 e. The summed E-state index contributed by atoms with van der Waals surface area (Å²) in [6, 6.07) is 4.38. The number of nitrogens with two attached hydrogens (primary N) is 1. The summed E-state index contributed by atoms with van der Waals surface area (Å²) in [6.07, 6.45) is 1.58. The molecule has 7 heteroatoms. The topological polar surface area (TPSA) is 76.1 Å². The van der Waals surface area contributed by atoms with E-state index in [0.717, 1.165) is 37.7 Å². The maximum Gasteiger partial charge on any atom is 0.161 e. The first-order valence-corrected chi connectivity index (χ1v) is 7.68. The van der Waals surface area contributed by atoms with Gasteiger partial charge in [-0.25, -0.2) is 9.97 Å². The van der Waals surface area contributed by atoms with Crippen LogP contribution in [-0.2, 0) is 0 Å². The zero-order valence-electron chi connectivity index (χ0n) is 13.4. The first-order valence-electron chi connectivity index (χ1n) is 7.68. The zero-order valence-corrected chi connectivity index (χ0v) is 13.4. The molecule has 0 aromatic carbocycles. The van der Waals surface area contributed by atoms with Crippen LogP contribution < -0.4 is 10.6 Å². The van der Waals surface area contributed by atoms with E-state index in [1.807, 2.05) is 19.1 Å². The van der Waals surface area contributed by atoms with Crippen LogP contribution in [-0.4, -0.2) is 56.9 Å². The molecule has 2 aromatic heterocycles. The Kier molecular flexibility index (Phi) is 3.98. The second-order valence-electron chi connectivity index (χ2n) is 5.97. The summed E-state index contributed by atoms with van der Waals surface area (Å²) in [5.41, 5.74) is 6.85. The number of piperazine rings is 1. The molecule has 0 radical (unpaired) electrons. The molecule has 0 unspecified atom stereocenters. The summed E-state index contributed by atoms with van der Waals surface area (Å²) >= 11 is 0. The van der Waals surface area contributed by atoms with Gasteiger partial charge < -0.3 is 10.6 Å². The van der Waals surface area contributed by atoms with Crippen LogP contribution in [0, 0.1) is 6.92 Å². The van der Waals surface area contributed by atoms with E-state index in [1.54, 1.807) is 11.0 Å². The van der Waals surface area contributed by atoms with E-state index in [2.05, 4.69) is 38.7 Å². The molecular formula is C15H23N7. The molecule has 0 atom stereocenters. The van der Waals surface area contributed by atoms with Crippen LogP contribution in [0.3, 0.4) is 0 Å². The molecule has 1 aliphatic heterocycles. The van der Waals surface area contributed by atoms with Crippen LogP contribution in [0.25, 0.3) is 5.82 Å². The van der Waals surface area contributed by atoms with Crippen LogP contribution in [0.5, 0.6) is 0 Å². The third kappa shape index (κ3) is 2.89. The fourth-order valence-corrected chi connectivity index (χ4v) is 2.80. The van der Waals surface area contributed by atoms with Gasteiger partial charge in [0, 0.05) is 44.4 Å². The average Bonchev–Trinajstić information content (AvgIpc) is 2.86. The minimum absolute atomic E-state index is 0.590. The van der Waals surface area contributed by atoms with E-state index in [0.29, 0.717) is 17.7 Å². The monoisotopic (exact) mass is 301 g/mol. The van der Waals surface area contributed by atoms with Gasteiger partial charge in [-0.2, -0.15) is 9.78 Å². The predicted molar refractivity (Wildman–Crippen MR) is 87.2 cm³/mol. The van der Waals surface area contributed by atoms with Gasteiger partial charge in [0.15, 0.2) is 5.82 Å². The Labute approximate surface area is 130 Å². The fourth-order valence-electron chi connectivity index (χ4n) is 2.80. The normalized spacial score (nSPS) is 16.5. The van der Waals surface area contributed by atoms with Crippen LogP contribution in [0.4, 0.5) is 11.6 Å². The van der Waals surface area contributed by atoms with Crippen molar-refractivity contribution in [3.05, 3.63) is 24.2 Å². The standard InChI is InChI=1S/C15H23N7/c1-11(2)20-4-6-21(7-5-20)14-9-15(18-10-17-14)22-13(16)8-12(3)19-22/h8-11H,4-7,16H2,1-3H3. The third-order valence-electron chi connectivity index (χ3n) is 4.08. The molecule has 22 heavy (non-hydrogen) atoms. The molecule has 3 rings (SSSR count). The van der Waals surface area contributed by atoms with Crippen molar-refractivity contribution in [2.24, 2.45) is 0 Å². The summed E-state index contributed by atoms with van der Waals surface area (Å²) in [5, 5.41) is 4.38. The number of aryl methyl sites for hydroxylation is 1. The van der Waals surface area contributed by atoms with E-state index < -0.39 is 0 Å². The summed E-state index contributed by atoms with van der Waals surface area (Å²) in [6.45, 7) is 10.5. The quantitative estimate of drug-likeness (QED) is 0.914. The molecule has 0 aliphatic carbocycles. The lowest BCUT2D eigenvalue weighted by atomic mass is 10.2. The van der Waals surface area contributed by atoms with Crippen LogP contribution in [0.1, 0.15) is 19.5 Å². The lowest BCUT2D eigenvalue weighted by molar-refractivity contribution is 0.209. The number of rotatable bonds is 3. The van der Waals surface area contributed by atoms with E-state index in [1.165, 1.54) is 0 Å². The molecule has 0 spiro atoms. The second-order valence-corrected chi connectivity index (χ2v) is 5.97. The van der Waals surface area contributed by atoms with Gasteiger partial charge in [0.05, 0.1) is 5.69 Å². The number of hydrogen-bond acceptors (Lipinski definition) is 6. The maximum atomic E-state index is 5.97. The Balaban J connectivity index is 1.79. The number of hydrogen-bond donors (Lipinski definition) is 1. The van der Waals surface area contributed by atoms with Crippen LogP contribution in [0.2, 0.25) is 0 Å². The Hall–Kier alpha value is -2.15.